The van der Waals surface area contributed by atoms with Crippen LogP contribution in [0.2, 0.25) is 0 Å². The van der Waals surface area contributed by atoms with Crippen molar-refractivity contribution in [3.63, 3.8) is 0 Å². The molecule has 0 aliphatic carbocycles. The minimum atomic E-state index is -3.61. The summed E-state index contributed by atoms with van der Waals surface area (Å²) in [4.78, 5) is 0.0577. The van der Waals surface area contributed by atoms with Crippen LogP contribution < -0.4 is 4.72 Å². The monoisotopic (exact) mass is 295 g/mol. The smallest absolute Gasteiger partial charge is 0.240 e. The van der Waals surface area contributed by atoms with E-state index in [1.165, 1.54) is 24.3 Å². The summed E-state index contributed by atoms with van der Waals surface area (Å²) >= 11 is 0. The van der Waals surface area contributed by atoms with Crippen LogP contribution in [0.15, 0.2) is 52.0 Å². The van der Waals surface area contributed by atoms with Crippen LogP contribution in [0.4, 0.5) is 0 Å². The van der Waals surface area contributed by atoms with Crippen LogP contribution >= 0.6 is 0 Å². The highest BCUT2D eigenvalue weighted by Crippen LogP contribution is 2.16. The Kier molecular flexibility index (Phi) is 4.46. The Labute approximate surface area is 118 Å². The van der Waals surface area contributed by atoms with Crippen molar-refractivity contribution in [1.29, 1.82) is 0 Å². The van der Waals surface area contributed by atoms with Gasteiger partial charge in [0.05, 0.1) is 11.2 Å². The van der Waals surface area contributed by atoms with Gasteiger partial charge >= 0.3 is 0 Å². The maximum absolute atomic E-state index is 12.1. The number of benzene rings is 1. The van der Waals surface area contributed by atoms with Crippen molar-refractivity contribution < 1.29 is 17.9 Å². The lowest BCUT2D eigenvalue weighted by atomic mass is 10.2. The Morgan fingerprint density at radius 2 is 2.10 bits per heavy atom. The Balaban J connectivity index is 1.97. The first kappa shape index (κ1) is 14.6. The van der Waals surface area contributed by atoms with Gasteiger partial charge in [0.25, 0.3) is 0 Å². The topological polar surface area (TPSA) is 79.5 Å². The van der Waals surface area contributed by atoms with Gasteiger partial charge in [0, 0.05) is 12.5 Å². The molecule has 0 radical (unpaired) electrons. The zero-order valence-electron chi connectivity index (χ0n) is 11.1. The summed E-state index contributed by atoms with van der Waals surface area (Å²) in [6.07, 6.45) is 2.89. The Hall–Kier alpha value is -1.79. The second-order valence-corrected chi connectivity index (χ2v) is 6.35. The summed E-state index contributed by atoms with van der Waals surface area (Å²) < 4.78 is 32.0. The summed E-state index contributed by atoms with van der Waals surface area (Å²) in [6.45, 7) is 1.79. The second-order valence-electron chi connectivity index (χ2n) is 4.64. The quantitative estimate of drug-likeness (QED) is 0.857. The van der Waals surface area contributed by atoms with Crippen LogP contribution in [0.5, 0.6) is 5.75 Å². The maximum Gasteiger partial charge on any atom is 0.240 e. The Morgan fingerprint density at radius 1 is 1.30 bits per heavy atom. The fourth-order valence-electron chi connectivity index (χ4n) is 1.86. The van der Waals surface area contributed by atoms with Crippen molar-refractivity contribution in [2.24, 2.45) is 0 Å². The molecule has 2 N–H and O–H groups in total. The molecule has 1 aromatic carbocycles. The molecule has 0 aliphatic rings. The zero-order valence-corrected chi connectivity index (χ0v) is 11.9. The first-order valence-electron chi connectivity index (χ1n) is 6.31. The van der Waals surface area contributed by atoms with Gasteiger partial charge < -0.3 is 9.52 Å². The minimum absolute atomic E-state index is 0.0577. The average molecular weight is 295 g/mol. The van der Waals surface area contributed by atoms with E-state index in [0.717, 1.165) is 5.76 Å². The number of rotatable bonds is 6. The number of aromatic hydroxyl groups is 1. The summed E-state index contributed by atoms with van der Waals surface area (Å²) in [6, 6.07) is 9.03. The zero-order chi connectivity index (χ0) is 14.6. The highest BCUT2D eigenvalue weighted by molar-refractivity contribution is 7.89. The first-order valence-corrected chi connectivity index (χ1v) is 7.79. The van der Waals surface area contributed by atoms with Gasteiger partial charge in [0.15, 0.2) is 0 Å². The molecular formula is C14H17NO4S. The van der Waals surface area contributed by atoms with E-state index in [1.807, 2.05) is 6.07 Å². The fraction of sp³-hybridized carbons (Fsp3) is 0.286. The lowest BCUT2D eigenvalue weighted by molar-refractivity contribution is 0.471. The largest absolute Gasteiger partial charge is 0.508 e. The number of aryl methyl sites for hydroxylation is 1. The SMILES string of the molecule is CC(CCc1ccco1)NS(=O)(=O)c1cccc(O)c1. The van der Waals surface area contributed by atoms with Gasteiger partial charge in [-0.15, -0.1) is 0 Å². The molecule has 0 spiro atoms. The number of nitrogens with one attached hydrogen (secondary N) is 1. The second kappa shape index (κ2) is 6.11. The number of furan rings is 1. The van der Waals surface area contributed by atoms with Crippen molar-refractivity contribution in [2.45, 2.75) is 30.7 Å². The van der Waals surface area contributed by atoms with Gasteiger partial charge in [0.2, 0.25) is 10.0 Å². The van der Waals surface area contributed by atoms with Crippen molar-refractivity contribution in [3.05, 3.63) is 48.4 Å². The van der Waals surface area contributed by atoms with Crippen molar-refractivity contribution in [3.8, 4) is 5.75 Å². The fourth-order valence-corrected chi connectivity index (χ4v) is 3.17. The lowest BCUT2D eigenvalue weighted by Gasteiger charge is -2.13. The van der Waals surface area contributed by atoms with Gasteiger partial charge in [-0.05, 0) is 43.7 Å². The summed E-state index contributed by atoms with van der Waals surface area (Å²) in [5.74, 6) is 0.754. The molecule has 108 valence electrons. The predicted molar refractivity (Wildman–Crippen MR) is 74.9 cm³/mol. The number of hydrogen-bond donors (Lipinski definition) is 2. The van der Waals surface area contributed by atoms with E-state index in [1.54, 1.807) is 19.3 Å². The molecule has 2 aromatic rings. The lowest BCUT2D eigenvalue weighted by Crippen LogP contribution is -2.32. The molecule has 0 aliphatic heterocycles. The Bertz CT molecular complexity index is 650. The van der Waals surface area contributed by atoms with Gasteiger partial charge in [-0.25, -0.2) is 13.1 Å². The molecule has 6 heteroatoms. The van der Waals surface area contributed by atoms with Crippen LogP contribution in [0, 0.1) is 0 Å². The van der Waals surface area contributed by atoms with E-state index >= 15 is 0 Å². The van der Waals surface area contributed by atoms with Gasteiger partial charge in [-0.1, -0.05) is 6.07 Å². The number of phenolic OH excluding ortho intramolecular Hbond substituents is 1. The van der Waals surface area contributed by atoms with E-state index in [2.05, 4.69) is 4.72 Å². The highest BCUT2D eigenvalue weighted by Gasteiger charge is 2.17. The van der Waals surface area contributed by atoms with Gasteiger partial charge in [-0.2, -0.15) is 0 Å². The molecule has 0 amide bonds. The molecule has 0 bridgehead atoms. The van der Waals surface area contributed by atoms with Crippen LogP contribution in [0.1, 0.15) is 19.1 Å². The predicted octanol–water partition coefficient (Wildman–Crippen LogP) is 2.28. The molecule has 0 saturated carbocycles. The molecule has 20 heavy (non-hydrogen) atoms. The molecule has 1 heterocycles. The number of phenols is 1. The average Bonchev–Trinajstić information content (AvgIpc) is 2.89. The van der Waals surface area contributed by atoms with E-state index in [9.17, 15) is 13.5 Å². The van der Waals surface area contributed by atoms with Crippen LogP contribution in [-0.4, -0.2) is 19.6 Å². The van der Waals surface area contributed by atoms with Crippen molar-refractivity contribution in [1.82, 2.24) is 4.72 Å². The van der Waals surface area contributed by atoms with Crippen molar-refractivity contribution >= 4 is 10.0 Å². The third-order valence-electron chi connectivity index (χ3n) is 2.89. The van der Waals surface area contributed by atoms with E-state index in [-0.39, 0.29) is 16.7 Å². The van der Waals surface area contributed by atoms with Crippen LogP contribution in [0.25, 0.3) is 0 Å². The maximum atomic E-state index is 12.1. The first-order chi connectivity index (χ1) is 9.47. The minimum Gasteiger partial charge on any atom is -0.508 e. The molecule has 1 unspecified atom stereocenters. The summed E-state index contributed by atoms with van der Waals surface area (Å²) in [5, 5.41) is 9.33. The normalized spacial score (nSPS) is 13.2. The molecule has 1 atom stereocenters. The third kappa shape index (κ3) is 3.85. The number of sulfonamides is 1. The third-order valence-corrected chi connectivity index (χ3v) is 4.48. The molecule has 5 nitrogen and oxygen atoms in total. The van der Waals surface area contributed by atoms with Gasteiger partial charge in [-0.3, -0.25) is 0 Å². The van der Waals surface area contributed by atoms with Crippen LogP contribution in [0.3, 0.4) is 0 Å². The highest BCUT2D eigenvalue weighted by atomic mass is 32.2. The summed E-state index contributed by atoms with van der Waals surface area (Å²) in [5.41, 5.74) is 0. The van der Waals surface area contributed by atoms with E-state index in [0.29, 0.717) is 12.8 Å². The molecular weight excluding hydrogens is 278 g/mol. The van der Waals surface area contributed by atoms with Crippen molar-refractivity contribution in [2.75, 3.05) is 0 Å². The van der Waals surface area contributed by atoms with E-state index in [4.69, 9.17) is 4.42 Å². The van der Waals surface area contributed by atoms with Gasteiger partial charge in [0.1, 0.15) is 11.5 Å². The van der Waals surface area contributed by atoms with Crippen LogP contribution in [-0.2, 0) is 16.4 Å². The molecule has 0 saturated heterocycles. The molecule has 2 rings (SSSR count). The number of hydrogen-bond acceptors (Lipinski definition) is 4. The standard InChI is InChI=1S/C14H17NO4S/c1-11(7-8-13-5-3-9-19-13)15-20(17,18)14-6-2-4-12(16)10-14/h2-6,9-11,15-16H,7-8H2,1H3. The summed E-state index contributed by atoms with van der Waals surface area (Å²) in [7, 11) is -3.61. The van der Waals surface area contributed by atoms with E-state index < -0.39 is 10.0 Å². The Morgan fingerprint density at radius 3 is 2.75 bits per heavy atom. The molecule has 1 aromatic heterocycles. The molecule has 0 fully saturated rings.